The molecule has 0 bridgehead atoms. The summed E-state index contributed by atoms with van der Waals surface area (Å²) in [7, 11) is 0. The molecule has 0 atom stereocenters. The highest BCUT2D eigenvalue weighted by molar-refractivity contribution is 5.94. The monoisotopic (exact) mass is 457 g/mol. The molecule has 1 fully saturated rings. The Morgan fingerprint density at radius 3 is 2.55 bits per heavy atom. The number of anilines is 1. The molecule has 1 amide bonds. The van der Waals surface area contributed by atoms with Crippen LogP contribution in [-0.4, -0.2) is 59.8 Å². The first-order valence-electron chi connectivity index (χ1n) is 10.5. The molecule has 172 valence electrons. The second-order valence-corrected chi connectivity index (χ2v) is 7.58. The predicted molar refractivity (Wildman–Crippen MR) is 115 cm³/mol. The molecule has 2 heterocycles. The van der Waals surface area contributed by atoms with E-state index in [1.165, 1.54) is 17.8 Å². The van der Waals surface area contributed by atoms with E-state index in [4.69, 9.17) is 4.74 Å². The van der Waals surface area contributed by atoms with Crippen LogP contribution in [0.25, 0.3) is 11.3 Å². The van der Waals surface area contributed by atoms with Crippen LogP contribution in [0.15, 0.2) is 47.8 Å². The number of nitrogens with one attached hydrogen (secondary N) is 2. The Morgan fingerprint density at radius 2 is 1.88 bits per heavy atom. The first kappa shape index (κ1) is 22.6. The molecule has 0 unspecified atom stereocenters. The van der Waals surface area contributed by atoms with Gasteiger partial charge in [-0.2, -0.15) is 18.2 Å². The number of hydrogen-bond acceptors (Lipinski definition) is 6. The normalized spacial score (nSPS) is 16.4. The lowest BCUT2D eigenvalue weighted by Gasteiger charge is -2.32. The van der Waals surface area contributed by atoms with E-state index in [2.05, 4.69) is 38.5 Å². The molecule has 1 aromatic heterocycles. The Bertz CT molecular complexity index is 1040. The number of morpholine rings is 1. The van der Waals surface area contributed by atoms with E-state index in [0.717, 1.165) is 44.8 Å². The van der Waals surface area contributed by atoms with Crippen molar-refractivity contribution in [2.24, 2.45) is 0 Å². The number of ether oxygens (including phenoxy) is 1. The molecule has 1 aliphatic heterocycles. The highest BCUT2D eigenvalue weighted by atomic mass is 19.4. The van der Waals surface area contributed by atoms with E-state index in [0.29, 0.717) is 17.2 Å². The Hall–Kier alpha value is -3.58. The maximum atomic E-state index is 12.3. The molecule has 0 spiro atoms. The second-order valence-electron chi connectivity index (χ2n) is 7.58. The lowest BCUT2D eigenvalue weighted by atomic mass is 10.1. The lowest BCUT2D eigenvalue weighted by Crippen LogP contribution is -2.36. The van der Waals surface area contributed by atoms with Gasteiger partial charge in [-0.1, -0.05) is 12.1 Å². The number of allylic oxidation sites excluding steroid dienone is 4. The van der Waals surface area contributed by atoms with Gasteiger partial charge < -0.3 is 20.3 Å². The number of carbonyl (C=O) groups is 1. The van der Waals surface area contributed by atoms with Crippen LogP contribution in [0.1, 0.15) is 23.2 Å². The van der Waals surface area contributed by atoms with Gasteiger partial charge in [-0.25, -0.2) is 4.98 Å². The Labute approximate surface area is 189 Å². The van der Waals surface area contributed by atoms with Crippen LogP contribution < -0.4 is 10.6 Å². The molecular weight excluding hydrogens is 435 g/mol. The number of carbonyl (C=O) groups excluding carboxylic acids is 1. The molecule has 2 aromatic rings. The van der Waals surface area contributed by atoms with Crippen LogP contribution in [0.5, 0.6) is 0 Å². The largest absolute Gasteiger partial charge is 0.405 e. The molecule has 1 aromatic carbocycles. The summed E-state index contributed by atoms with van der Waals surface area (Å²) in [5, 5.41) is 5.05. The van der Waals surface area contributed by atoms with E-state index in [9.17, 15) is 18.0 Å². The highest BCUT2D eigenvalue weighted by Gasteiger charge is 2.27. The second kappa shape index (κ2) is 9.92. The van der Waals surface area contributed by atoms with Crippen molar-refractivity contribution >= 4 is 11.9 Å². The van der Waals surface area contributed by atoms with Crippen molar-refractivity contribution in [3.05, 3.63) is 65.6 Å². The minimum Gasteiger partial charge on any atom is -0.378 e. The number of hydrogen-bond donors (Lipinski definition) is 2. The molecule has 1 aliphatic carbocycles. The quantitative estimate of drug-likeness (QED) is 0.693. The average Bonchev–Trinajstić information content (AvgIpc) is 2.83. The van der Waals surface area contributed by atoms with Crippen LogP contribution >= 0.6 is 0 Å². The number of nitrogens with zero attached hydrogens (tertiary/aromatic N) is 3. The van der Waals surface area contributed by atoms with Gasteiger partial charge >= 0.3 is 6.18 Å². The highest BCUT2D eigenvalue weighted by Crippen LogP contribution is 2.23. The van der Waals surface area contributed by atoms with Crippen molar-refractivity contribution < 1.29 is 22.7 Å². The fraction of sp³-hybridized carbons (Fsp3) is 0.348. The molecule has 2 aliphatic rings. The lowest BCUT2D eigenvalue weighted by molar-refractivity contribution is -0.123. The summed E-state index contributed by atoms with van der Waals surface area (Å²) in [5.41, 5.74) is 3.48. The summed E-state index contributed by atoms with van der Waals surface area (Å²) in [6, 6.07) is 8.88. The average molecular weight is 457 g/mol. The predicted octanol–water partition coefficient (Wildman–Crippen LogP) is 3.34. The first-order valence-corrected chi connectivity index (χ1v) is 10.5. The smallest absolute Gasteiger partial charge is 0.378 e. The standard InChI is InChI=1S/C23H22F3N5O2/c24-23(25,26)15-28-21(32)17-3-1-16(2-4-17)20-9-10-27-22(30-20)29-18-5-7-19(8-6-18)31-11-13-33-14-12-31/h1-5,7H,6,8,11-15H2,(H,28,32)(H,27,29,30). The van der Waals surface area contributed by atoms with E-state index in [-0.39, 0.29) is 5.56 Å². The molecular formula is C23H22F3N5O2. The number of amides is 1. The van der Waals surface area contributed by atoms with Crippen molar-refractivity contribution in [1.29, 1.82) is 0 Å². The van der Waals surface area contributed by atoms with Crippen molar-refractivity contribution in [3.8, 4) is 11.3 Å². The van der Waals surface area contributed by atoms with E-state index in [1.54, 1.807) is 12.1 Å². The summed E-state index contributed by atoms with van der Waals surface area (Å²) in [6.07, 6.45) is 4.07. The maximum Gasteiger partial charge on any atom is 0.405 e. The summed E-state index contributed by atoms with van der Waals surface area (Å²) < 4.78 is 42.2. The Balaban J connectivity index is 1.39. The Kier molecular flexibility index (Phi) is 6.79. The molecule has 0 saturated carbocycles. The van der Waals surface area contributed by atoms with E-state index < -0.39 is 18.6 Å². The number of benzene rings is 1. The molecule has 4 rings (SSSR count). The van der Waals surface area contributed by atoms with Crippen LogP contribution in [0.3, 0.4) is 0 Å². The summed E-state index contributed by atoms with van der Waals surface area (Å²) in [4.78, 5) is 22.7. The SMILES string of the molecule is O=C(NCC(F)(F)F)c1ccc(-c2c#cnc(NC3=CC=C(N4CCOCC4)CC3)n2)cc1. The van der Waals surface area contributed by atoms with Gasteiger partial charge in [-0.15, -0.1) is 0 Å². The molecule has 33 heavy (non-hydrogen) atoms. The van der Waals surface area contributed by atoms with Crippen LogP contribution in [0.2, 0.25) is 0 Å². The van der Waals surface area contributed by atoms with Gasteiger partial charge in [-0.3, -0.25) is 4.79 Å². The van der Waals surface area contributed by atoms with Crippen LogP contribution in [-0.2, 0) is 4.74 Å². The van der Waals surface area contributed by atoms with Gasteiger partial charge in [0.05, 0.1) is 13.2 Å². The van der Waals surface area contributed by atoms with Gasteiger partial charge in [0.25, 0.3) is 5.91 Å². The minimum atomic E-state index is -4.46. The van der Waals surface area contributed by atoms with Gasteiger partial charge in [0.1, 0.15) is 12.2 Å². The van der Waals surface area contributed by atoms with Crippen molar-refractivity contribution in [2.75, 3.05) is 38.2 Å². The number of rotatable bonds is 6. The van der Waals surface area contributed by atoms with Crippen molar-refractivity contribution in [1.82, 2.24) is 20.2 Å². The van der Waals surface area contributed by atoms with Gasteiger partial charge in [-0.05, 0) is 43.2 Å². The fourth-order valence-corrected chi connectivity index (χ4v) is 3.54. The first-order chi connectivity index (χ1) is 15.9. The van der Waals surface area contributed by atoms with Crippen LogP contribution in [0, 0.1) is 12.3 Å². The number of alkyl halides is 3. The third-order valence-corrected chi connectivity index (χ3v) is 5.24. The van der Waals surface area contributed by atoms with Gasteiger partial charge in [0.2, 0.25) is 5.95 Å². The third kappa shape index (κ3) is 6.23. The summed E-state index contributed by atoms with van der Waals surface area (Å²) >= 11 is 0. The van der Waals surface area contributed by atoms with Gasteiger partial charge in [0.15, 0.2) is 0 Å². The molecule has 7 nitrogen and oxygen atoms in total. The topological polar surface area (TPSA) is 79.4 Å². The maximum absolute atomic E-state index is 12.3. The minimum absolute atomic E-state index is 0.120. The zero-order valence-corrected chi connectivity index (χ0v) is 17.7. The molecule has 0 radical (unpaired) electrons. The zero-order valence-electron chi connectivity index (χ0n) is 17.7. The van der Waals surface area contributed by atoms with Crippen molar-refractivity contribution in [3.63, 3.8) is 0 Å². The molecule has 10 heteroatoms. The van der Waals surface area contributed by atoms with Crippen LogP contribution in [0.4, 0.5) is 19.1 Å². The summed E-state index contributed by atoms with van der Waals surface area (Å²) in [6.45, 7) is 1.93. The molecule has 2 N–H and O–H groups in total. The Morgan fingerprint density at radius 1 is 1.12 bits per heavy atom. The summed E-state index contributed by atoms with van der Waals surface area (Å²) in [5.74, 6) is -0.432. The number of halogens is 3. The number of aromatic nitrogens is 2. The van der Waals surface area contributed by atoms with E-state index in [1.807, 2.05) is 11.4 Å². The zero-order chi connectivity index (χ0) is 23.3. The van der Waals surface area contributed by atoms with E-state index >= 15 is 0 Å². The third-order valence-electron chi connectivity index (χ3n) is 5.24. The van der Waals surface area contributed by atoms with Crippen molar-refractivity contribution in [2.45, 2.75) is 19.0 Å². The fourth-order valence-electron chi connectivity index (χ4n) is 3.54. The van der Waals surface area contributed by atoms with Gasteiger partial charge in [0, 0.05) is 41.8 Å². The molecule has 1 saturated heterocycles.